The molecule has 3 amide bonds. The molecule has 0 aliphatic rings. The summed E-state index contributed by atoms with van der Waals surface area (Å²) in [6.45, 7) is 10.9. The molecule has 1 aromatic rings. The zero-order chi connectivity index (χ0) is 32.6. The van der Waals surface area contributed by atoms with E-state index in [4.69, 9.17) is 14.2 Å². The zero-order valence-corrected chi connectivity index (χ0v) is 28.6. The number of amides is 3. The van der Waals surface area contributed by atoms with Gasteiger partial charge in [-0.15, -0.1) is 0 Å². The van der Waals surface area contributed by atoms with Crippen molar-refractivity contribution in [2.24, 2.45) is 0 Å². The Bertz CT molecular complexity index is 1060. The van der Waals surface area contributed by atoms with Gasteiger partial charge in [0.15, 0.2) is 0 Å². The van der Waals surface area contributed by atoms with E-state index < -0.39 is 47.2 Å². The van der Waals surface area contributed by atoms with Gasteiger partial charge in [-0.05, 0) is 120 Å². The van der Waals surface area contributed by atoms with Gasteiger partial charge in [-0.3, -0.25) is 14.4 Å². The Labute approximate surface area is 269 Å². The van der Waals surface area contributed by atoms with Crippen LogP contribution >= 0.6 is 22.6 Å². The molecule has 0 aromatic heterocycles. The molecule has 0 aliphatic heterocycles. The summed E-state index contributed by atoms with van der Waals surface area (Å²) in [6.07, 6.45) is 2.10. The van der Waals surface area contributed by atoms with Crippen molar-refractivity contribution in [1.82, 2.24) is 16.0 Å². The van der Waals surface area contributed by atoms with Crippen LogP contribution in [0.15, 0.2) is 24.3 Å². The highest BCUT2D eigenvalue weighted by molar-refractivity contribution is 14.1. The lowest BCUT2D eigenvalue weighted by Crippen LogP contribution is -2.52. The lowest BCUT2D eigenvalue weighted by molar-refractivity contribution is -0.155. The van der Waals surface area contributed by atoms with Crippen LogP contribution in [-0.4, -0.2) is 66.8 Å². The van der Waals surface area contributed by atoms with Gasteiger partial charge in [-0.1, -0.05) is 12.1 Å². The largest absolute Gasteiger partial charge is 0.467 e. The Kier molecular flexibility index (Phi) is 16.6. The van der Waals surface area contributed by atoms with Crippen molar-refractivity contribution in [2.45, 2.75) is 116 Å². The van der Waals surface area contributed by atoms with Crippen molar-refractivity contribution in [1.29, 1.82) is 0 Å². The van der Waals surface area contributed by atoms with Gasteiger partial charge in [-0.2, -0.15) is 0 Å². The number of halogens is 1. The highest BCUT2D eigenvalue weighted by atomic mass is 127. The molecule has 0 saturated carbocycles. The summed E-state index contributed by atoms with van der Waals surface area (Å²) in [5, 5.41) is 8.05. The summed E-state index contributed by atoms with van der Waals surface area (Å²) in [7, 11) is 1.22. The number of carbonyl (C=O) groups is 5. The van der Waals surface area contributed by atoms with Gasteiger partial charge in [-0.25, -0.2) is 9.59 Å². The summed E-state index contributed by atoms with van der Waals surface area (Å²) in [5.74, 6) is -2.07. The zero-order valence-electron chi connectivity index (χ0n) is 26.5. The first-order valence-corrected chi connectivity index (χ1v) is 15.7. The average Bonchev–Trinajstić information content (AvgIpc) is 2.88. The molecule has 12 heteroatoms. The lowest BCUT2D eigenvalue weighted by Gasteiger charge is -2.23. The van der Waals surface area contributed by atoms with Crippen LogP contribution < -0.4 is 16.0 Å². The Morgan fingerprint density at radius 2 is 1.42 bits per heavy atom. The van der Waals surface area contributed by atoms with Crippen molar-refractivity contribution in [3.8, 4) is 0 Å². The van der Waals surface area contributed by atoms with E-state index in [1.807, 2.05) is 24.3 Å². The molecular weight excluding hydrogens is 669 g/mol. The standard InChI is InChI=1S/C31H48IN3O8/c1-30(2,3)42-26(37)19-18-23(34-25(36)13-10-11-21-14-16-22(32)17-15-21)27(38)35-24(28(39)41-7)12-8-9-20-33-29(40)43-31(4,5)6/h14-17,23-24H,8-13,18-20H2,1-7H3,(H,33,40)(H,34,36)(H,35,38). The topological polar surface area (TPSA) is 149 Å². The van der Waals surface area contributed by atoms with Crippen LogP contribution in [0.5, 0.6) is 0 Å². The van der Waals surface area contributed by atoms with Crippen molar-refractivity contribution in [3.05, 3.63) is 33.4 Å². The minimum atomic E-state index is -1.06. The van der Waals surface area contributed by atoms with Crippen molar-refractivity contribution < 1.29 is 38.2 Å². The number of methoxy groups -OCH3 is 1. The number of carbonyl (C=O) groups excluding carboxylic acids is 5. The number of unbranched alkanes of at least 4 members (excludes halogenated alkanes) is 1. The minimum Gasteiger partial charge on any atom is -0.467 e. The van der Waals surface area contributed by atoms with E-state index in [9.17, 15) is 24.0 Å². The Balaban J connectivity index is 2.77. The SMILES string of the molecule is COC(=O)C(CCCCNC(=O)OC(C)(C)C)NC(=O)C(CCC(=O)OC(C)(C)C)NC(=O)CCCc1ccc(I)cc1. The van der Waals surface area contributed by atoms with Crippen LogP contribution in [0, 0.1) is 3.57 Å². The summed E-state index contributed by atoms with van der Waals surface area (Å²) in [4.78, 5) is 62.7. The van der Waals surface area contributed by atoms with E-state index in [0.29, 0.717) is 32.2 Å². The second kappa shape index (κ2) is 18.7. The maximum Gasteiger partial charge on any atom is 0.407 e. The predicted octanol–water partition coefficient (Wildman–Crippen LogP) is 4.57. The number of rotatable bonds is 16. The molecule has 242 valence electrons. The molecule has 0 bridgehead atoms. The first-order chi connectivity index (χ1) is 20.0. The summed E-state index contributed by atoms with van der Waals surface area (Å²) >= 11 is 2.23. The number of hydrogen-bond acceptors (Lipinski definition) is 8. The highest BCUT2D eigenvalue weighted by Gasteiger charge is 2.28. The molecule has 0 radical (unpaired) electrons. The third kappa shape index (κ3) is 18.4. The Morgan fingerprint density at radius 1 is 0.791 bits per heavy atom. The monoisotopic (exact) mass is 717 g/mol. The number of nitrogens with one attached hydrogen (secondary N) is 3. The molecule has 2 atom stereocenters. The number of esters is 2. The van der Waals surface area contributed by atoms with Gasteiger partial charge in [0.2, 0.25) is 11.8 Å². The average molecular weight is 718 g/mol. The Hall–Kier alpha value is -2.90. The molecule has 0 fully saturated rings. The van der Waals surface area contributed by atoms with Gasteiger partial charge in [0, 0.05) is 23.0 Å². The summed E-state index contributed by atoms with van der Waals surface area (Å²) in [5.41, 5.74) is -0.197. The maximum absolute atomic E-state index is 13.3. The predicted molar refractivity (Wildman–Crippen MR) is 171 cm³/mol. The first-order valence-electron chi connectivity index (χ1n) is 14.6. The molecule has 0 saturated heterocycles. The number of hydrogen-bond donors (Lipinski definition) is 3. The molecule has 2 unspecified atom stereocenters. The number of aryl methyl sites for hydroxylation is 1. The second-order valence-corrected chi connectivity index (χ2v) is 13.5. The van der Waals surface area contributed by atoms with Gasteiger partial charge in [0.25, 0.3) is 0 Å². The highest BCUT2D eigenvalue weighted by Crippen LogP contribution is 2.13. The summed E-state index contributed by atoms with van der Waals surface area (Å²) in [6, 6.07) is 6.00. The quantitative estimate of drug-likeness (QED) is 0.0975. The Morgan fingerprint density at radius 3 is 2.00 bits per heavy atom. The van der Waals surface area contributed by atoms with Crippen molar-refractivity contribution >= 4 is 52.4 Å². The van der Waals surface area contributed by atoms with Gasteiger partial charge < -0.3 is 30.2 Å². The number of alkyl carbamates (subject to hydrolysis) is 1. The number of ether oxygens (including phenoxy) is 3. The number of benzene rings is 1. The van der Waals surface area contributed by atoms with E-state index in [0.717, 1.165) is 9.13 Å². The molecule has 43 heavy (non-hydrogen) atoms. The van der Waals surface area contributed by atoms with Gasteiger partial charge >= 0.3 is 18.0 Å². The fourth-order valence-corrected chi connectivity index (χ4v) is 4.30. The molecular formula is C31H48IN3O8. The fraction of sp³-hybridized carbons (Fsp3) is 0.645. The van der Waals surface area contributed by atoms with Crippen LogP contribution in [0.4, 0.5) is 4.79 Å². The molecule has 0 heterocycles. The molecule has 0 aliphatic carbocycles. The fourth-order valence-electron chi connectivity index (χ4n) is 3.94. The van der Waals surface area contributed by atoms with Gasteiger partial charge in [0.05, 0.1) is 7.11 Å². The normalized spacial score (nSPS) is 12.8. The molecule has 1 aromatic carbocycles. The van der Waals surface area contributed by atoms with Crippen molar-refractivity contribution in [2.75, 3.05) is 13.7 Å². The smallest absolute Gasteiger partial charge is 0.407 e. The molecule has 1 rings (SSSR count). The van der Waals surface area contributed by atoms with E-state index in [1.165, 1.54) is 7.11 Å². The van der Waals surface area contributed by atoms with E-state index in [1.54, 1.807) is 41.5 Å². The third-order valence-electron chi connectivity index (χ3n) is 5.88. The van der Waals surface area contributed by atoms with Gasteiger partial charge in [0.1, 0.15) is 23.3 Å². The maximum atomic E-state index is 13.3. The van der Waals surface area contributed by atoms with Crippen LogP contribution in [0.25, 0.3) is 0 Å². The van der Waals surface area contributed by atoms with Crippen LogP contribution in [-0.2, 0) is 39.8 Å². The second-order valence-electron chi connectivity index (χ2n) is 12.2. The van der Waals surface area contributed by atoms with Crippen LogP contribution in [0.3, 0.4) is 0 Å². The van der Waals surface area contributed by atoms with Crippen LogP contribution in [0.2, 0.25) is 0 Å². The lowest BCUT2D eigenvalue weighted by atomic mass is 10.1. The van der Waals surface area contributed by atoms with E-state index >= 15 is 0 Å². The first kappa shape index (κ1) is 38.1. The minimum absolute atomic E-state index is 0.00267. The molecule has 11 nitrogen and oxygen atoms in total. The van der Waals surface area contributed by atoms with Crippen molar-refractivity contribution in [3.63, 3.8) is 0 Å². The van der Waals surface area contributed by atoms with E-state index in [2.05, 4.69) is 38.5 Å². The summed E-state index contributed by atoms with van der Waals surface area (Å²) < 4.78 is 16.6. The third-order valence-corrected chi connectivity index (χ3v) is 6.60. The molecule has 0 spiro atoms. The van der Waals surface area contributed by atoms with Crippen LogP contribution in [0.1, 0.15) is 92.1 Å². The molecule has 3 N–H and O–H groups in total. The van der Waals surface area contributed by atoms with E-state index in [-0.39, 0.29) is 31.6 Å².